The van der Waals surface area contributed by atoms with Crippen molar-refractivity contribution in [2.75, 3.05) is 58.2 Å². The van der Waals surface area contributed by atoms with Crippen LogP contribution in [0.15, 0.2) is 157 Å². The second kappa shape index (κ2) is 38.8. The molecule has 3 aromatic carbocycles. The Hall–Kier alpha value is -8.49. The van der Waals surface area contributed by atoms with Crippen LogP contribution in [-0.4, -0.2) is 207 Å². The van der Waals surface area contributed by atoms with Crippen LogP contribution in [0.2, 0.25) is 0 Å². The SMILES string of the molecule is [2H]C([2H])(OP(=O)(C[C@@H](C)C(=O)OC(C)C)Oc1ccccc1)[C@H]1O[C@@H](n2ccc(=O)[nH]c2=O)C(O)(CF)[C@H]1O.[2H]C([2H])(O[P@@](=O)(C[C@@H](C)C(=O)OC(C)C)Oc1ccccc1)[C@H]1O[C@@H](n2ccc(=O)[nH]c2=O)C(O)(CF)[C@H]1O.[2H]C([2H])(O[P@](=O)(C[C@@H](C)C(=O)OC(C)C)Oc1ccccc1)[C@H]1O[C@@H](n2ccc(=O)[nH]c2=O)C(O)(CF)[C@H]1O. The van der Waals surface area contributed by atoms with E-state index in [4.69, 9.17) is 63.8 Å². The Labute approximate surface area is 639 Å². The monoisotopic (exact) mass is 1640 g/mol. The molecule has 3 aliphatic rings. The maximum atomic E-state index is 14.1. The normalized spacial score (nSPS) is 27.2. The fourth-order valence-corrected chi connectivity index (χ4v) is 15.7. The smallest absolute Gasteiger partial charge is 0.380 e. The fourth-order valence-electron chi connectivity index (χ4n) is 10.6. The van der Waals surface area contributed by atoms with E-state index >= 15 is 0 Å². The molecule has 0 amide bonds. The van der Waals surface area contributed by atoms with Crippen LogP contribution >= 0.6 is 22.8 Å². The molecule has 42 heteroatoms. The van der Waals surface area contributed by atoms with Gasteiger partial charge in [0.25, 0.3) is 16.7 Å². The summed E-state index contributed by atoms with van der Waals surface area (Å²) in [6.07, 6.45) is -20.6. The van der Waals surface area contributed by atoms with Crippen LogP contribution in [0.1, 0.15) is 89.2 Å². The van der Waals surface area contributed by atoms with Gasteiger partial charge < -0.3 is 72.6 Å². The van der Waals surface area contributed by atoms with Crippen molar-refractivity contribution in [2.24, 2.45) is 17.8 Å². The van der Waals surface area contributed by atoms with Crippen LogP contribution in [0.25, 0.3) is 0 Å². The number of aromatic amines is 3. The molecule has 9 rings (SSSR count). The standard InChI is InChI=1S/3C23H30FN2O10P/c3*1-14(2)34-20(29)15(3)12-37(32,36-16-7-5-4-6-8-16)33-11-17-19(28)23(31,13-24)21(35-17)26-10-9-18(27)25-22(26)30/h3*4-10,14-15,17,19,21,28,31H,11-13H2,1-3H3,(H,25,27,30)/t15-,17-,19+,21-,23?,37?;15-,17-,19+,21-,23?,37+;15-,17-,19+,21-,23?,37-/m111/s1/i3*11D2. The van der Waals surface area contributed by atoms with Crippen LogP contribution in [0.4, 0.5) is 13.2 Å². The highest BCUT2D eigenvalue weighted by Crippen LogP contribution is 2.54. The third kappa shape index (κ3) is 23.3. The van der Waals surface area contributed by atoms with E-state index < -0.39 is 241 Å². The van der Waals surface area contributed by atoms with Gasteiger partial charge in [0.15, 0.2) is 35.5 Å². The van der Waals surface area contributed by atoms with E-state index in [0.717, 1.165) is 36.8 Å². The zero-order chi connectivity index (χ0) is 87.5. The molecule has 612 valence electrons. The molecule has 0 spiro atoms. The van der Waals surface area contributed by atoms with E-state index in [2.05, 4.69) is 0 Å². The van der Waals surface area contributed by atoms with Crippen LogP contribution < -0.4 is 47.3 Å². The highest BCUT2D eigenvalue weighted by atomic mass is 31.2. The van der Waals surface area contributed by atoms with Crippen molar-refractivity contribution < 1.29 is 136 Å². The van der Waals surface area contributed by atoms with Gasteiger partial charge in [-0.05, 0) is 77.9 Å². The molecule has 6 heterocycles. The Bertz CT molecular complexity index is 4450. The maximum Gasteiger partial charge on any atom is 0.380 e. The fraction of sp³-hybridized carbons (Fsp3) is 0.522. The van der Waals surface area contributed by atoms with E-state index in [0.29, 0.717) is 13.7 Å². The van der Waals surface area contributed by atoms with Crippen molar-refractivity contribution >= 4 is 40.7 Å². The molecule has 4 unspecified atom stereocenters. The Morgan fingerprint density at radius 2 is 0.658 bits per heavy atom. The lowest BCUT2D eigenvalue weighted by Crippen LogP contribution is -2.51. The van der Waals surface area contributed by atoms with Gasteiger partial charge in [0, 0.05) is 36.8 Å². The molecule has 18 atom stereocenters. The Kier molecular flexibility index (Phi) is 28.2. The number of benzene rings is 3. The van der Waals surface area contributed by atoms with Gasteiger partial charge in [0.2, 0.25) is 0 Å². The van der Waals surface area contributed by atoms with E-state index in [1.54, 1.807) is 96.1 Å². The Balaban J connectivity index is 0.000000242. The van der Waals surface area contributed by atoms with Crippen molar-refractivity contribution in [2.45, 2.75) is 153 Å². The van der Waals surface area contributed by atoms with Gasteiger partial charge in [-0.25, -0.2) is 41.3 Å². The van der Waals surface area contributed by atoms with Crippen LogP contribution in [0.5, 0.6) is 17.2 Å². The lowest BCUT2D eigenvalue weighted by molar-refractivity contribution is -0.152. The maximum absolute atomic E-state index is 14.1. The van der Waals surface area contributed by atoms with Crippen molar-refractivity contribution in [1.29, 1.82) is 0 Å². The summed E-state index contributed by atoms with van der Waals surface area (Å²) in [5.74, 6) is -5.54. The number of rotatable bonds is 33. The van der Waals surface area contributed by atoms with Crippen LogP contribution in [-0.2, 0) is 70.1 Å². The molecule has 9 N–H and O–H groups in total. The Morgan fingerprint density at radius 1 is 0.432 bits per heavy atom. The molecule has 3 saturated heterocycles. The predicted octanol–water partition coefficient (Wildman–Crippen LogP) is 4.12. The molecule has 0 saturated carbocycles. The number of aromatic nitrogens is 6. The summed E-state index contributed by atoms with van der Waals surface area (Å²) in [7, 11) is -13.8. The zero-order valence-corrected chi connectivity index (χ0v) is 63.5. The van der Waals surface area contributed by atoms with Gasteiger partial charge in [-0.3, -0.25) is 71.0 Å². The molecule has 0 aliphatic carbocycles. The topological polar surface area (TPSA) is 499 Å². The van der Waals surface area contributed by atoms with Crippen molar-refractivity contribution in [3.8, 4) is 17.2 Å². The first-order chi connectivity index (χ1) is 54.3. The lowest BCUT2D eigenvalue weighted by Gasteiger charge is -2.28. The number of nitrogens with one attached hydrogen (secondary N) is 3. The molecule has 3 fully saturated rings. The van der Waals surface area contributed by atoms with E-state index in [-0.39, 0.29) is 17.2 Å². The number of aliphatic hydroxyl groups excluding tert-OH is 3. The molecule has 3 aliphatic heterocycles. The second-order valence-electron chi connectivity index (χ2n) is 26.4. The summed E-state index contributed by atoms with van der Waals surface area (Å²) < 4.78 is 200. The van der Waals surface area contributed by atoms with Gasteiger partial charge >= 0.3 is 57.8 Å². The number of hydrogen-bond acceptors (Lipinski definition) is 30. The third-order valence-corrected chi connectivity index (χ3v) is 21.7. The number of carbonyl (C=O) groups excluding carboxylic acids is 3. The summed E-state index contributed by atoms with van der Waals surface area (Å²) in [6.45, 7) is -1.09. The van der Waals surface area contributed by atoms with Crippen molar-refractivity contribution in [1.82, 2.24) is 28.7 Å². The van der Waals surface area contributed by atoms with Gasteiger partial charge in [-0.2, -0.15) is 0 Å². The number of halogens is 3. The molecule has 3 aromatic heterocycles. The van der Waals surface area contributed by atoms with E-state index in [9.17, 15) is 101 Å². The minimum Gasteiger partial charge on any atom is -0.463 e. The zero-order valence-electron chi connectivity index (χ0n) is 66.8. The average molecular weight is 1640 g/mol. The number of ether oxygens (including phenoxy) is 6. The van der Waals surface area contributed by atoms with Gasteiger partial charge in [0.05, 0.1) is 82.5 Å². The quantitative estimate of drug-likeness (QED) is 0.0159. The number of esters is 3. The number of alkyl halides is 3. The lowest BCUT2D eigenvalue weighted by atomic mass is 9.95. The summed E-state index contributed by atoms with van der Waals surface area (Å²) in [5, 5.41) is 64.8. The molecular formula is C69H90F3N6O30P3. The minimum atomic E-state index is -4.61. The number of H-pyrrole nitrogens is 3. The molecule has 0 radical (unpaired) electrons. The molecule has 111 heavy (non-hydrogen) atoms. The number of nitrogens with zero attached hydrogens (tertiary/aromatic N) is 3. The molecule has 36 nitrogen and oxygen atoms in total. The second-order valence-corrected chi connectivity index (χ2v) is 32.2. The molecule has 6 aromatic rings. The van der Waals surface area contributed by atoms with Gasteiger partial charge in [0.1, 0.15) is 73.9 Å². The van der Waals surface area contributed by atoms with Gasteiger partial charge in [-0.1, -0.05) is 75.4 Å². The molecular weight excluding hydrogens is 1540 g/mol. The molecule has 0 bridgehead atoms. The van der Waals surface area contributed by atoms with Crippen molar-refractivity contribution in [3.63, 3.8) is 0 Å². The largest absolute Gasteiger partial charge is 0.463 e. The number of aliphatic hydroxyl groups is 6. The summed E-state index contributed by atoms with van der Waals surface area (Å²) in [4.78, 5) is 114. The average Bonchev–Trinajstić information content (AvgIpc) is 1.60. The van der Waals surface area contributed by atoms with Gasteiger partial charge in [-0.15, -0.1) is 0 Å². The predicted molar refractivity (Wildman–Crippen MR) is 384 cm³/mol. The third-order valence-electron chi connectivity index (χ3n) is 16.1. The number of para-hydroxylation sites is 3. The first-order valence-corrected chi connectivity index (χ1v) is 39.1. The highest BCUT2D eigenvalue weighted by Gasteiger charge is 2.60. The number of carbonyl (C=O) groups is 3. The minimum absolute atomic E-state index is 0.00637. The van der Waals surface area contributed by atoms with E-state index in [1.165, 1.54) is 57.2 Å². The Morgan fingerprint density at radius 3 is 0.856 bits per heavy atom. The summed E-state index contributed by atoms with van der Waals surface area (Å²) in [6, 6.07) is 25.2. The van der Waals surface area contributed by atoms with Crippen LogP contribution in [0.3, 0.4) is 0 Å². The summed E-state index contributed by atoms with van der Waals surface area (Å²) in [5.41, 5.74) is -14.4. The highest BCUT2D eigenvalue weighted by molar-refractivity contribution is 7.55. The first-order valence-electron chi connectivity index (χ1n) is 36.9. The van der Waals surface area contributed by atoms with E-state index in [1.807, 2.05) is 15.0 Å². The van der Waals surface area contributed by atoms with Crippen LogP contribution in [0, 0.1) is 17.8 Å². The summed E-state index contributed by atoms with van der Waals surface area (Å²) >= 11 is 0. The van der Waals surface area contributed by atoms with Crippen molar-refractivity contribution in [3.05, 3.63) is 190 Å². The number of hydrogen-bond donors (Lipinski definition) is 9. The first kappa shape index (κ1) is 80.6.